The van der Waals surface area contributed by atoms with Crippen LogP contribution in [-0.4, -0.2) is 12.5 Å². The van der Waals surface area contributed by atoms with Crippen LogP contribution in [0.5, 0.6) is 0 Å². The van der Waals surface area contributed by atoms with E-state index in [9.17, 15) is 9.18 Å². The summed E-state index contributed by atoms with van der Waals surface area (Å²) in [6, 6.07) is 11.0. The van der Waals surface area contributed by atoms with Gasteiger partial charge in [-0.1, -0.05) is 23.7 Å². The number of carbonyl (C=O) groups is 1. The molecule has 0 radical (unpaired) electrons. The van der Waals surface area contributed by atoms with Crippen LogP contribution in [0.25, 0.3) is 0 Å². The van der Waals surface area contributed by atoms with Gasteiger partial charge in [0, 0.05) is 22.8 Å². The lowest BCUT2D eigenvalue weighted by Gasteiger charge is -2.07. The van der Waals surface area contributed by atoms with Crippen LogP contribution in [0.4, 0.5) is 10.1 Å². The highest BCUT2D eigenvalue weighted by Crippen LogP contribution is 2.16. The van der Waals surface area contributed by atoms with Crippen LogP contribution in [0.2, 0.25) is 5.02 Å². The average Bonchev–Trinajstić information content (AvgIpc) is 2.37. The van der Waals surface area contributed by atoms with E-state index in [1.807, 2.05) is 6.07 Å². The van der Waals surface area contributed by atoms with E-state index < -0.39 is 0 Å². The van der Waals surface area contributed by atoms with Crippen molar-refractivity contribution < 1.29 is 9.18 Å². The molecule has 0 bridgehead atoms. The van der Waals surface area contributed by atoms with Crippen LogP contribution in [0, 0.1) is 5.82 Å². The zero-order valence-corrected chi connectivity index (χ0v) is 11.5. The second-order valence-electron chi connectivity index (χ2n) is 4.41. The topological polar surface area (TPSA) is 55.1 Å². The van der Waals surface area contributed by atoms with Gasteiger partial charge in [-0.2, -0.15) is 0 Å². The number of benzene rings is 2. The number of nitrogens with one attached hydrogen (secondary N) is 1. The molecule has 20 heavy (non-hydrogen) atoms. The lowest BCUT2D eigenvalue weighted by Crippen LogP contribution is -2.25. The number of anilines is 1. The maximum absolute atomic E-state index is 13.0. The second kappa shape index (κ2) is 6.39. The first kappa shape index (κ1) is 14.3. The van der Waals surface area contributed by atoms with Gasteiger partial charge in [-0.25, -0.2) is 4.39 Å². The Morgan fingerprint density at radius 3 is 2.75 bits per heavy atom. The smallest absolute Gasteiger partial charge is 0.251 e. The predicted molar refractivity (Wildman–Crippen MR) is 78.3 cm³/mol. The van der Waals surface area contributed by atoms with Crippen molar-refractivity contribution in [2.75, 3.05) is 12.3 Å². The summed E-state index contributed by atoms with van der Waals surface area (Å²) in [5.74, 6) is -0.535. The van der Waals surface area contributed by atoms with Crippen molar-refractivity contribution >= 4 is 23.2 Å². The van der Waals surface area contributed by atoms with E-state index >= 15 is 0 Å². The van der Waals surface area contributed by atoms with Crippen molar-refractivity contribution in [2.45, 2.75) is 6.42 Å². The number of hydrogen-bond acceptors (Lipinski definition) is 2. The summed E-state index contributed by atoms with van der Waals surface area (Å²) in [7, 11) is 0. The third-order valence-electron chi connectivity index (χ3n) is 2.77. The Morgan fingerprint density at radius 2 is 2.05 bits per heavy atom. The molecule has 0 saturated carbocycles. The van der Waals surface area contributed by atoms with Crippen LogP contribution >= 0.6 is 11.6 Å². The van der Waals surface area contributed by atoms with E-state index in [0.29, 0.717) is 29.2 Å². The van der Waals surface area contributed by atoms with Gasteiger partial charge in [0.05, 0.1) is 0 Å². The number of nitrogen functional groups attached to an aromatic ring is 1. The van der Waals surface area contributed by atoms with E-state index in [0.717, 1.165) is 5.56 Å². The van der Waals surface area contributed by atoms with Gasteiger partial charge in [0.15, 0.2) is 0 Å². The number of carbonyl (C=O) groups excluding carboxylic acids is 1. The van der Waals surface area contributed by atoms with Gasteiger partial charge in [-0.3, -0.25) is 4.79 Å². The number of nitrogens with two attached hydrogens (primary N) is 1. The summed E-state index contributed by atoms with van der Waals surface area (Å²) in [4.78, 5) is 11.9. The molecule has 0 saturated heterocycles. The molecule has 1 amide bonds. The third-order valence-corrected chi connectivity index (χ3v) is 2.99. The Balaban J connectivity index is 1.92. The van der Waals surface area contributed by atoms with Gasteiger partial charge >= 0.3 is 0 Å². The molecule has 104 valence electrons. The molecule has 2 rings (SSSR count). The predicted octanol–water partition coefficient (Wildman–Crippen LogP) is 3.03. The van der Waals surface area contributed by atoms with Crippen molar-refractivity contribution in [1.82, 2.24) is 5.32 Å². The number of amides is 1. The number of hydrogen-bond donors (Lipinski definition) is 2. The fraction of sp³-hybridized carbons (Fsp3) is 0.133. The summed E-state index contributed by atoms with van der Waals surface area (Å²) < 4.78 is 13.0. The maximum Gasteiger partial charge on any atom is 0.251 e. The minimum Gasteiger partial charge on any atom is -0.399 e. The number of rotatable bonds is 4. The molecule has 3 nitrogen and oxygen atoms in total. The zero-order valence-electron chi connectivity index (χ0n) is 10.7. The first-order valence-corrected chi connectivity index (χ1v) is 6.51. The molecule has 0 heterocycles. The van der Waals surface area contributed by atoms with Crippen molar-refractivity contribution in [3.05, 3.63) is 64.4 Å². The molecule has 0 fully saturated rings. The molecule has 0 atom stereocenters. The highest BCUT2D eigenvalue weighted by atomic mass is 35.5. The summed E-state index contributed by atoms with van der Waals surface area (Å²) in [6.45, 7) is 0.411. The quantitative estimate of drug-likeness (QED) is 0.851. The lowest BCUT2D eigenvalue weighted by atomic mass is 10.1. The first-order valence-electron chi connectivity index (χ1n) is 6.13. The van der Waals surface area contributed by atoms with Crippen LogP contribution in [0.15, 0.2) is 42.5 Å². The van der Waals surface area contributed by atoms with Gasteiger partial charge in [0.1, 0.15) is 5.82 Å². The SMILES string of the molecule is Nc1cc(Cl)cc(C(=O)NCCc2cccc(F)c2)c1. The zero-order chi connectivity index (χ0) is 14.5. The standard InChI is InChI=1S/C15H14ClFN2O/c16-12-7-11(8-14(18)9-12)15(20)19-5-4-10-2-1-3-13(17)6-10/h1-3,6-9H,4-5,18H2,(H,19,20). The lowest BCUT2D eigenvalue weighted by molar-refractivity contribution is 0.0954. The second-order valence-corrected chi connectivity index (χ2v) is 4.85. The molecule has 0 aliphatic rings. The molecule has 0 aliphatic heterocycles. The van der Waals surface area contributed by atoms with E-state index in [1.165, 1.54) is 12.1 Å². The first-order chi connectivity index (χ1) is 9.54. The Bertz CT molecular complexity index is 611. The van der Waals surface area contributed by atoms with Crippen molar-refractivity contribution in [3.8, 4) is 0 Å². The van der Waals surface area contributed by atoms with Crippen molar-refractivity contribution in [3.63, 3.8) is 0 Å². The van der Waals surface area contributed by atoms with Crippen LogP contribution in [-0.2, 0) is 6.42 Å². The van der Waals surface area contributed by atoms with Crippen LogP contribution < -0.4 is 11.1 Å². The molecule has 2 aromatic carbocycles. The highest BCUT2D eigenvalue weighted by molar-refractivity contribution is 6.31. The van der Waals surface area contributed by atoms with E-state index in [-0.39, 0.29) is 11.7 Å². The normalized spacial score (nSPS) is 10.3. The van der Waals surface area contributed by atoms with Crippen molar-refractivity contribution in [2.24, 2.45) is 0 Å². The monoisotopic (exact) mass is 292 g/mol. The number of halogens is 2. The molecule has 0 aliphatic carbocycles. The highest BCUT2D eigenvalue weighted by Gasteiger charge is 2.07. The minimum atomic E-state index is -0.281. The summed E-state index contributed by atoms with van der Waals surface area (Å²) in [5, 5.41) is 3.16. The Morgan fingerprint density at radius 1 is 1.25 bits per heavy atom. The molecular weight excluding hydrogens is 279 g/mol. The molecule has 5 heteroatoms. The van der Waals surface area contributed by atoms with E-state index in [1.54, 1.807) is 24.3 Å². The fourth-order valence-electron chi connectivity index (χ4n) is 1.86. The Labute approximate surface area is 121 Å². The van der Waals surface area contributed by atoms with Crippen LogP contribution in [0.1, 0.15) is 15.9 Å². The van der Waals surface area contributed by atoms with E-state index in [2.05, 4.69) is 5.32 Å². The van der Waals surface area contributed by atoms with Gasteiger partial charge in [-0.05, 0) is 42.3 Å². The average molecular weight is 293 g/mol. The summed E-state index contributed by atoms with van der Waals surface area (Å²) >= 11 is 5.84. The van der Waals surface area contributed by atoms with Gasteiger partial charge in [0.2, 0.25) is 0 Å². The van der Waals surface area contributed by atoms with Gasteiger partial charge in [-0.15, -0.1) is 0 Å². The largest absolute Gasteiger partial charge is 0.399 e. The summed E-state index contributed by atoms with van der Waals surface area (Å²) in [6.07, 6.45) is 0.555. The van der Waals surface area contributed by atoms with Crippen LogP contribution in [0.3, 0.4) is 0 Å². The Hall–Kier alpha value is -2.07. The maximum atomic E-state index is 13.0. The fourth-order valence-corrected chi connectivity index (χ4v) is 2.10. The molecule has 2 aromatic rings. The Kier molecular flexibility index (Phi) is 4.58. The molecular formula is C15H14ClFN2O. The minimum absolute atomic E-state index is 0.254. The molecule has 0 unspecified atom stereocenters. The molecule has 3 N–H and O–H groups in total. The van der Waals surface area contributed by atoms with Gasteiger partial charge < -0.3 is 11.1 Å². The van der Waals surface area contributed by atoms with Gasteiger partial charge in [0.25, 0.3) is 5.91 Å². The summed E-state index contributed by atoms with van der Waals surface area (Å²) in [5.41, 5.74) is 7.31. The van der Waals surface area contributed by atoms with E-state index in [4.69, 9.17) is 17.3 Å². The third kappa shape index (κ3) is 3.96. The van der Waals surface area contributed by atoms with Crippen molar-refractivity contribution in [1.29, 1.82) is 0 Å². The molecule has 0 aromatic heterocycles. The molecule has 0 spiro atoms.